The molecule has 4 nitrogen and oxygen atoms in total. The van der Waals surface area contributed by atoms with Crippen LogP contribution in [0.2, 0.25) is 5.02 Å². The number of benzene rings is 1. The van der Waals surface area contributed by atoms with Gasteiger partial charge in [-0.2, -0.15) is 0 Å². The summed E-state index contributed by atoms with van der Waals surface area (Å²) in [6, 6.07) is 8.04. The van der Waals surface area contributed by atoms with Gasteiger partial charge in [0.15, 0.2) is 0 Å². The summed E-state index contributed by atoms with van der Waals surface area (Å²) in [6.45, 7) is 1.81. The van der Waals surface area contributed by atoms with E-state index in [1.165, 1.54) is 12.7 Å². The van der Waals surface area contributed by atoms with Gasteiger partial charge in [0.25, 0.3) is 0 Å². The van der Waals surface area contributed by atoms with Crippen LogP contribution in [-0.4, -0.2) is 44.3 Å². The fourth-order valence-corrected chi connectivity index (χ4v) is 2.85. The monoisotopic (exact) mass is 282 g/mol. The SMILES string of the molecule is COC(=O)NC1CC(c2cccc(Cl)c2)CN(C)C1. The molecule has 0 spiro atoms. The Morgan fingerprint density at radius 2 is 2.26 bits per heavy atom. The molecule has 0 saturated carbocycles. The van der Waals surface area contributed by atoms with Gasteiger partial charge in [-0.15, -0.1) is 0 Å². The van der Waals surface area contributed by atoms with Crippen LogP contribution in [0.3, 0.4) is 0 Å². The lowest BCUT2D eigenvalue weighted by Gasteiger charge is -2.36. The van der Waals surface area contributed by atoms with E-state index in [9.17, 15) is 4.79 Å². The zero-order valence-corrected chi connectivity index (χ0v) is 12.0. The van der Waals surface area contributed by atoms with E-state index in [1.54, 1.807) is 0 Å². The summed E-state index contributed by atoms with van der Waals surface area (Å²) in [6.07, 6.45) is 0.532. The van der Waals surface area contributed by atoms with Gasteiger partial charge in [0.2, 0.25) is 0 Å². The number of nitrogens with one attached hydrogen (secondary N) is 1. The molecular formula is C14H19ClN2O2. The van der Waals surface area contributed by atoms with Gasteiger partial charge in [-0.25, -0.2) is 4.79 Å². The van der Waals surface area contributed by atoms with Crippen molar-refractivity contribution in [1.82, 2.24) is 10.2 Å². The Morgan fingerprint density at radius 1 is 1.47 bits per heavy atom. The number of hydrogen-bond acceptors (Lipinski definition) is 3. The van der Waals surface area contributed by atoms with Gasteiger partial charge in [0.1, 0.15) is 0 Å². The second-order valence-corrected chi connectivity index (χ2v) is 5.48. The van der Waals surface area contributed by atoms with Crippen molar-refractivity contribution in [2.24, 2.45) is 0 Å². The van der Waals surface area contributed by atoms with Crippen molar-refractivity contribution >= 4 is 17.7 Å². The number of rotatable bonds is 2. The van der Waals surface area contributed by atoms with E-state index in [1.807, 2.05) is 18.2 Å². The number of nitrogens with zero attached hydrogens (tertiary/aromatic N) is 1. The van der Waals surface area contributed by atoms with Crippen LogP contribution in [0.5, 0.6) is 0 Å². The van der Waals surface area contributed by atoms with Crippen LogP contribution in [0.4, 0.5) is 4.79 Å². The van der Waals surface area contributed by atoms with Crippen LogP contribution in [0.15, 0.2) is 24.3 Å². The molecule has 1 aromatic carbocycles. The van der Waals surface area contributed by atoms with Crippen molar-refractivity contribution in [2.75, 3.05) is 27.2 Å². The Kier molecular flexibility index (Phi) is 4.66. The number of likely N-dealkylation sites (N-methyl/N-ethyl adjacent to an activating group) is 1. The number of piperidine rings is 1. The summed E-state index contributed by atoms with van der Waals surface area (Å²) in [5, 5.41) is 3.63. The molecule has 0 aromatic heterocycles. The molecule has 0 aliphatic carbocycles. The van der Waals surface area contributed by atoms with Gasteiger partial charge >= 0.3 is 6.09 Å². The highest BCUT2D eigenvalue weighted by Gasteiger charge is 2.27. The minimum absolute atomic E-state index is 0.107. The van der Waals surface area contributed by atoms with E-state index < -0.39 is 0 Å². The average molecular weight is 283 g/mol. The molecule has 19 heavy (non-hydrogen) atoms. The maximum absolute atomic E-state index is 11.3. The molecule has 0 bridgehead atoms. The average Bonchev–Trinajstić information content (AvgIpc) is 2.38. The normalized spacial score (nSPS) is 23.9. The number of amides is 1. The van der Waals surface area contributed by atoms with E-state index in [0.717, 1.165) is 24.5 Å². The standard InChI is InChI=1S/C14H19ClN2O2/c1-17-8-11(10-4-3-5-12(15)6-10)7-13(9-17)16-14(18)19-2/h3-6,11,13H,7-9H2,1-2H3,(H,16,18). The number of alkyl carbamates (subject to hydrolysis) is 1. The number of ether oxygens (including phenoxy) is 1. The van der Waals surface area contributed by atoms with Crippen molar-refractivity contribution < 1.29 is 9.53 Å². The minimum Gasteiger partial charge on any atom is -0.453 e. The maximum atomic E-state index is 11.3. The largest absolute Gasteiger partial charge is 0.453 e. The van der Waals surface area contributed by atoms with Crippen molar-refractivity contribution in [3.05, 3.63) is 34.9 Å². The lowest BCUT2D eigenvalue weighted by molar-refractivity contribution is 0.150. The molecule has 1 heterocycles. The molecule has 1 saturated heterocycles. The summed E-state index contributed by atoms with van der Waals surface area (Å²) in [5.41, 5.74) is 1.22. The van der Waals surface area contributed by atoms with E-state index >= 15 is 0 Å². The zero-order valence-electron chi connectivity index (χ0n) is 11.2. The van der Waals surface area contributed by atoms with Crippen LogP contribution in [0, 0.1) is 0 Å². The molecule has 104 valence electrons. The number of carbonyl (C=O) groups excluding carboxylic acids is 1. The van der Waals surface area contributed by atoms with Gasteiger partial charge in [0, 0.05) is 24.2 Å². The summed E-state index contributed by atoms with van der Waals surface area (Å²) < 4.78 is 4.66. The Labute approximate surface area is 118 Å². The predicted molar refractivity (Wildman–Crippen MR) is 75.6 cm³/mol. The molecule has 2 unspecified atom stereocenters. The van der Waals surface area contributed by atoms with E-state index in [4.69, 9.17) is 11.6 Å². The van der Waals surface area contributed by atoms with Crippen LogP contribution >= 0.6 is 11.6 Å². The fourth-order valence-electron chi connectivity index (χ4n) is 2.65. The molecular weight excluding hydrogens is 264 g/mol. The third-order valence-corrected chi connectivity index (χ3v) is 3.70. The summed E-state index contributed by atoms with van der Waals surface area (Å²) >= 11 is 6.04. The van der Waals surface area contributed by atoms with Crippen LogP contribution in [-0.2, 0) is 4.74 Å². The highest BCUT2D eigenvalue weighted by molar-refractivity contribution is 6.30. The minimum atomic E-state index is -0.370. The number of halogens is 1. The molecule has 0 radical (unpaired) electrons. The molecule has 2 rings (SSSR count). The van der Waals surface area contributed by atoms with Crippen molar-refractivity contribution in [3.8, 4) is 0 Å². The molecule has 1 aromatic rings. The first kappa shape index (κ1) is 14.2. The summed E-state index contributed by atoms with van der Waals surface area (Å²) in [4.78, 5) is 13.5. The Hall–Kier alpha value is -1.26. The fraction of sp³-hybridized carbons (Fsp3) is 0.500. The van der Waals surface area contributed by atoms with Gasteiger partial charge in [-0.3, -0.25) is 0 Å². The lowest BCUT2D eigenvalue weighted by Crippen LogP contribution is -2.48. The predicted octanol–water partition coefficient (Wildman–Crippen LogP) is 2.48. The second-order valence-electron chi connectivity index (χ2n) is 5.04. The highest BCUT2D eigenvalue weighted by atomic mass is 35.5. The van der Waals surface area contributed by atoms with E-state index in [2.05, 4.69) is 28.1 Å². The maximum Gasteiger partial charge on any atom is 0.407 e. The molecule has 1 N–H and O–H groups in total. The molecule has 1 aliphatic heterocycles. The quantitative estimate of drug-likeness (QED) is 0.906. The lowest BCUT2D eigenvalue weighted by atomic mass is 9.88. The molecule has 2 atom stereocenters. The van der Waals surface area contributed by atoms with Crippen molar-refractivity contribution in [2.45, 2.75) is 18.4 Å². The molecule has 1 aliphatic rings. The van der Waals surface area contributed by atoms with Gasteiger partial charge in [0.05, 0.1) is 7.11 Å². The highest BCUT2D eigenvalue weighted by Crippen LogP contribution is 2.28. The topological polar surface area (TPSA) is 41.6 Å². The van der Waals surface area contributed by atoms with Gasteiger partial charge in [-0.1, -0.05) is 23.7 Å². The van der Waals surface area contributed by atoms with Crippen molar-refractivity contribution in [3.63, 3.8) is 0 Å². The molecule has 1 fully saturated rings. The van der Waals surface area contributed by atoms with Crippen LogP contribution in [0.25, 0.3) is 0 Å². The molecule has 5 heteroatoms. The summed E-state index contributed by atoms with van der Waals surface area (Å²) in [7, 11) is 3.44. The van der Waals surface area contributed by atoms with Gasteiger partial charge < -0.3 is 15.0 Å². The van der Waals surface area contributed by atoms with Gasteiger partial charge in [-0.05, 0) is 37.1 Å². The smallest absolute Gasteiger partial charge is 0.407 e. The first-order valence-corrected chi connectivity index (χ1v) is 6.74. The number of methoxy groups -OCH3 is 1. The Morgan fingerprint density at radius 3 is 2.95 bits per heavy atom. The van der Waals surface area contributed by atoms with Crippen molar-refractivity contribution in [1.29, 1.82) is 0 Å². The third kappa shape index (κ3) is 3.85. The van der Waals surface area contributed by atoms with E-state index in [0.29, 0.717) is 5.92 Å². The van der Waals surface area contributed by atoms with Crippen LogP contribution in [0.1, 0.15) is 17.9 Å². The number of carbonyl (C=O) groups is 1. The third-order valence-electron chi connectivity index (χ3n) is 3.46. The first-order chi connectivity index (χ1) is 9.08. The number of likely N-dealkylation sites (tertiary alicyclic amines) is 1. The second kappa shape index (κ2) is 6.26. The zero-order chi connectivity index (χ0) is 13.8. The first-order valence-electron chi connectivity index (χ1n) is 6.37. The Balaban J connectivity index is 2.07. The van der Waals surface area contributed by atoms with E-state index in [-0.39, 0.29) is 12.1 Å². The number of hydrogen-bond donors (Lipinski definition) is 1. The molecule has 1 amide bonds. The van der Waals surface area contributed by atoms with Crippen LogP contribution < -0.4 is 5.32 Å². The summed E-state index contributed by atoms with van der Waals surface area (Å²) in [5.74, 6) is 0.375. The Bertz CT molecular complexity index is 453.